The van der Waals surface area contributed by atoms with Crippen molar-refractivity contribution in [3.63, 3.8) is 0 Å². The molecule has 1 atom stereocenters. The normalized spacial score (nSPS) is 19.7. The van der Waals surface area contributed by atoms with Crippen molar-refractivity contribution in [1.82, 2.24) is 10.2 Å². The summed E-state index contributed by atoms with van der Waals surface area (Å²) in [6.45, 7) is 5.26. The third kappa shape index (κ3) is 3.77. The molecule has 5 heteroatoms. The number of halogens is 3. The lowest BCUT2D eigenvalue weighted by Gasteiger charge is -2.25. The zero-order valence-corrected chi connectivity index (χ0v) is 13.3. The first kappa shape index (κ1) is 15.9. The molecular weight excluding hydrogens is 326 g/mol. The van der Waals surface area contributed by atoms with Gasteiger partial charge in [0.2, 0.25) is 0 Å². The molecule has 1 aliphatic heterocycles. The third-order valence-corrected chi connectivity index (χ3v) is 4.42. The van der Waals surface area contributed by atoms with Crippen LogP contribution >= 0.6 is 15.9 Å². The molecule has 0 radical (unpaired) electrons. The molecular formula is C15H21BrF2N2. The molecule has 1 aromatic rings. The highest BCUT2D eigenvalue weighted by Crippen LogP contribution is 2.26. The number of nitrogens with zero attached hydrogens (tertiary/aromatic N) is 1. The largest absolute Gasteiger partial charge is 0.315 e. The molecule has 0 spiro atoms. The van der Waals surface area contributed by atoms with Crippen LogP contribution in [0, 0.1) is 11.6 Å². The van der Waals surface area contributed by atoms with Crippen molar-refractivity contribution in [3.8, 4) is 0 Å². The Bertz CT molecular complexity index is 454. The van der Waals surface area contributed by atoms with Gasteiger partial charge in [-0.15, -0.1) is 0 Å². The molecule has 0 aliphatic carbocycles. The minimum atomic E-state index is -0.475. The molecule has 1 N–H and O–H groups in total. The van der Waals surface area contributed by atoms with Crippen LogP contribution in [-0.4, -0.2) is 30.6 Å². The quantitative estimate of drug-likeness (QED) is 0.624. The van der Waals surface area contributed by atoms with E-state index in [4.69, 9.17) is 0 Å². The van der Waals surface area contributed by atoms with Crippen molar-refractivity contribution in [2.45, 2.75) is 38.8 Å². The molecule has 2 nitrogen and oxygen atoms in total. The number of rotatable bonds is 6. The molecule has 0 amide bonds. The summed E-state index contributed by atoms with van der Waals surface area (Å²) in [4.78, 5) is 2.18. The highest BCUT2D eigenvalue weighted by Gasteiger charge is 2.26. The minimum Gasteiger partial charge on any atom is -0.315 e. The second-order valence-corrected chi connectivity index (χ2v) is 6.15. The van der Waals surface area contributed by atoms with E-state index < -0.39 is 11.6 Å². The lowest BCUT2D eigenvalue weighted by Crippen LogP contribution is -2.38. The lowest BCUT2D eigenvalue weighted by atomic mass is 10.1. The highest BCUT2D eigenvalue weighted by atomic mass is 79.9. The zero-order valence-electron chi connectivity index (χ0n) is 11.8. The van der Waals surface area contributed by atoms with Crippen molar-refractivity contribution in [1.29, 1.82) is 0 Å². The summed E-state index contributed by atoms with van der Waals surface area (Å²) in [5, 5.41) is 3.39. The molecule has 0 bridgehead atoms. The van der Waals surface area contributed by atoms with Gasteiger partial charge in [0, 0.05) is 24.7 Å². The summed E-state index contributed by atoms with van der Waals surface area (Å²) in [6, 6.07) is 3.11. The zero-order chi connectivity index (χ0) is 14.5. The second-order valence-electron chi connectivity index (χ2n) is 5.29. The first-order chi connectivity index (χ1) is 9.63. The summed E-state index contributed by atoms with van der Waals surface area (Å²) in [5.41, 5.74) is 0.168. The molecule has 0 aromatic heterocycles. The SMILES string of the molecule is CCCNCC1CCCN1Cc1c(F)ccc(Br)c1F. The van der Waals surface area contributed by atoms with Gasteiger partial charge in [0.25, 0.3) is 0 Å². The van der Waals surface area contributed by atoms with Crippen LogP contribution in [0.5, 0.6) is 0 Å². The van der Waals surface area contributed by atoms with Gasteiger partial charge in [0.1, 0.15) is 11.6 Å². The molecule has 1 fully saturated rings. The lowest BCUT2D eigenvalue weighted by molar-refractivity contribution is 0.233. The second kappa shape index (κ2) is 7.48. The number of benzene rings is 1. The summed E-state index contributed by atoms with van der Waals surface area (Å²) in [7, 11) is 0. The van der Waals surface area contributed by atoms with Gasteiger partial charge >= 0.3 is 0 Å². The third-order valence-electron chi connectivity index (χ3n) is 3.81. The Labute approximate surface area is 127 Å². The maximum atomic E-state index is 14.0. The molecule has 1 unspecified atom stereocenters. The molecule has 1 heterocycles. The smallest absolute Gasteiger partial charge is 0.144 e. The van der Waals surface area contributed by atoms with Crippen LogP contribution in [0.2, 0.25) is 0 Å². The monoisotopic (exact) mass is 346 g/mol. The fourth-order valence-electron chi connectivity index (χ4n) is 2.70. The maximum absolute atomic E-state index is 14.0. The van der Waals surface area contributed by atoms with Crippen molar-refractivity contribution in [2.75, 3.05) is 19.6 Å². The first-order valence-corrected chi connectivity index (χ1v) is 8.00. The van der Waals surface area contributed by atoms with Crippen LogP contribution in [0.15, 0.2) is 16.6 Å². The van der Waals surface area contributed by atoms with Crippen molar-refractivity contribution < 1.29 is 8.78 Å². The average Bonchev–Trinajstić information content (AvgIpc) is 2.87. The summed E-state index contributed by atoms with van der Waals surface area (Å²) < 4.78 is 28.2. The van der Waals surface area contributed by atoms with E-state index in [0.717, 1.165) is 38.9 Å². The van der Waals surface area contributed by atoms with E-state index in [1.54, 1.807) is 0 Å². The molecule has 0 saturated carbocycles. The van der Waals surface area contributed by atoms with Crippen molar-refractivity contribution in [3.05, 3.63) is 33.8 Å². The van der Waals surface area contributed by atoms with Crippen LogP contribution in [0.4, 0.5) is 8.78 Å². The van der Waals surface area contributed by atoms with Crippen LogP contribution < -0.4 is 5.32 Å². The van der Waals surface area contributed by atoms with Gasteiger partial charge in [-0.2, -0.15) is 0 Å². The fourth-order valence-corrected chi connectivity index (χ4v) is 3.07. The van der Waals surface area contributed by atoms with Gasteiger partial charge in [0.05, 0.1) is 4.47 Å². The van der Waals surface area contributed by atoms with E-state index in [9.17, 15) is 8.78 Å². The Hall–Kier alpha value is -0.520. The molecule has 1 aliphatic rings. The van der Waals surface area contributed by atoms with Crippen molar-refractivity contribution >= 4 is 15.9 Å². The summed E-state index contributed by atoms with van der Waals surface area (Å²) >= 11 is 3.12. The van der Waals surface area contributed by atoms with Crippen LogP contribution in [-0.2, 0) is 6.54 Å². The predicted molar refractivity (Wildman–Crippen MR) is 80.7 cm³/mol. The van der Waals surface area contributed by atoms with Gasteiger partial charge in [-0.1, -0.05) is 6.92 Å². The Morgan fingerprint density at radius 3 is 2.95 bits per heavy atom. The van der Waals surface area contributed by atoms with Gasteiger partial charge in [-0.25, -0.2) is 8.78 Å². The Balaban J connectivity index is 2.03. The fraction of sp³-hybridized carbons (Fsp3) is 0.600. The van der Waals surface area contributed by atoms with E-state index in [2.05, 4.69) is 33.1 Å². The minimum absolute atomic E-state index is 0.168. The molecule has 20 heavy (non-hydrogen) atoms. The topological polar surface area (TPSA) is 15.3 Å². The molecule has 1 aromatic carbocycles. The van der Waals surface area contributed by atoms with Gasteiger partial charge in [-0.05, 0) is 60.4 Å². The molecule has 2 rings (SSSR count). The van der Waals surface area contributed by atoms with Crippen molar-refractivity contribution in [2.24, 2.45) is 0 Å². The maximum Gasteiger partial charge on any atom is 0.144 e. The van der Waals surface area contributed by atoms with E-state index in [1.165, 1.54) is 12.1 Å². The number of hydrogen-bond acceptors (Lipinski definition) is 2. The summed E-state index contributed by atoms with van der Waals surface area (Å²) in [5.74, 6) is -0.935. The van der Waals surface area contributed by atoms with Gasteiger partial charge in [0.15, 0.2) is 0 Å². The van der Waals surface area contributed by atoms with E-state index in [-0.39, 0.29) is 5.56 Å². The Morgan fingerprint density at radius 1 is 1.40 bits per heavy atom. The van der Waals surface area contributed by atoms with Crippen LogP contribution in [0.25, 0.3) is 0 Å². The van der Waals surface area contributed by atoms with Gasteiger partial charge in [-0.3, -0.25) is 4.90 Å². The molecule has 1 saturated heterocycles. The van der Waals surface area contributed by atoms with E-state index in [1.807, 2.05) is 0 Å². The standard InChI is InChI=1S/C15H21BrF2N2/c1-2-7-19-9-11-4-3-8-20(11)10-12-14(17)6-5-13(16)15(12)18/h5-6,11,19H,2-4,7-10H2,1H3. The van der Waals surface area contributed by atoms with E-state index in [0.29, 0.717) is 17.1 Å². The average molecular weight is 347 g/mol. The van der Waals surface area contributed by atoms with Crippen LogP contribution in [0.1, 0.15) is 31.7 Å². The number of likely N-dealkylation sites (tertiary alicyclic amines) is 1. The van der Waals surface area contributed by atoms with E-state index >= 15 is 0 Å². The Kier molecular flexibility index (Phi) is 5.93. The van der Waals surface area contributed by atoms with Gasteiger partial charge < -0.3 is 5.32 Å². The Morgan fingerprint density at radius 2 is 2.20 bits per heavy atom. The number of hydrogen-bond donors (Lipinski definition) is 1. The number of nitrogens with one attached hydrogen (secondary N) is 1. The first-order valence-electron chi connectivity index (χ1n) is 7.20. The predicted octanol–water partition coefficient (Wildman–Crippen LogP) is 3.69. The summed E-state index contributed by atoms with van der Waals surface area (Å²) in [6.07, 6.45) is 3.28. The highest BCUT2D eigenvalue weighted by molar-refractivity contribution is 9.10. The molecule has 112 valence electrons. The van der Waals surface area contributed by atoms with Crippen LogP contribution in [0.3, 0.4) is 0 Å².